The summed E-state index contributed by atoms with van der Waals surface area (Å²) in [5.41, 5.74) is 1.87. The van der Waals surface area contributed by atoms with E-state index in [4.69, 9.17) is 23.2 Å². The van der Waals surface area contributed by atoms with Gasteiger partial charge in [-0.15, -0.1) is 0 Å². The topological polar surface area (TPSA) is 80.5 Å². The molecule has 160 valence electrons. The molecule has 1 unspecified atom stereocenters. The monoisotopic (exact) mass is 458 g/mol. The van der Waals surface area contributed by atoms with Crippen molar-refractivity contribution in [2.75, 3.05) is 4.90 Å². The van der Waals surface area contributed by atoms with Crippen molar-refractivity contribution >= 4 is 46.3 Å². The molecule has 31 heavy (non-hydrogen) atoms. The van der Waals surface area contributed by atoms with Gasteiger partial charge in [-0.05, 0) is 35.6 Å². The summed E-state index contributed by atoms with van der Waals surface area (Å²) in [6.45, 7) is 3.96. The highest BCUT2D eigenvalue weighted by Gasteiger charge is 2.44. The van der Waals surface area contributed by atoms with E-state index in [0.717, 1.165) is 5.56 Å². The van der Waals surface area contributed by atoms with Crippen molar-refractivity contribution in [3.8, 4) is 0 Å². The number of hydrogen-bond donors (Lipinski definition) is 0. The van der Waals surface area contributed by atoms with E-state index in [1.165, 1.54) is 17.0 Å². The van der Waals surface area contributed by atoms with Crippen LogP contribution in [0.5, 0.6) is 0 Å². The normalized spacial score (nSPS) is 20.6. The molecule has 0 bridgehead atoms. The standard InChI is InChI=1S/C23H20Cl2N2O4/c1-23(2)11-19-22(20(28)12-23)16(13-6-7-17(24)18(25)8-13)10-21(29)26(19)14-4-3-5-15(9-14)27(30)31/h3-9,16H,10-12H2,1-2H3. The van der Waals surface area contributed by atoms with Gasteiger partial charge in [-0.3, -0.25) is 24.6 Å². The molecule has 0 saturated carbocycles. The average molecular weight is 459 g/mol. The first kappa shape index (κ1) is 21.5. The maximum absolute atomic E-state index is 13.3. The Balaban J connectivity index is 1.90. The maximum atomic E-state index is 13.3. The number of benzene rings is 2. The highest BCUT2D eigenvalue weighted by atomic mass is 35.5. The second-order valence-electron chi connectivity index (χ2n) is 8.74. The molecule has 0 fully saturated rings. The summed E-state index contributed by atoms with van der Waals surface area (Å²) >= 11 is 12.3. The largest absolute Gasteiger partial charge is 0.294 e. The highest BCUT2D eigenvalue weighted by molar-refractivity contribution is 6.42. The second kappa shape index (κ2) is 7.77. The Morgan fingerprint density at radius 2 is 1.81 bits per heavy atom. The van der Waals surface area contributed by atoms with Gasteiger partial charge in [0.1, 0.15) is 0 Å². The zero-order valence-corrected chi connectivity index (χ0v) is 18.5. The number of nitro benzene ring substituents is 1. The van der Waals surface area contributed by atoms with Crippen molar-refractivity contribution in [2.24, 2.45) is 5.41 Å². The molecule has 1 amide bonds. The molecule has 0 aromatic heterocycles. The minimum atomic E-state index is -0.498. The molecule has 0 N–H and O–H groups in total. The summed E-state index contributed by atoms with van der Waals surface area (Å²) in [6, 6.07) is 11.1. The quantitative estimate of drug-likeness (QED) is 0.413. The lowest BCUT2D eigenvalue weighted by molar-refractivity contribution is -0.384. The van der Waals surface area contributed by atoms with Gasteiger partial charge in [0.05, 0.1) is 20.7 Å². The molecule has 1 atom stereocenters. The molecular formula is C23H20Cl2N2O4. The molecule has 4 rings (SSSR count). The van der Waals surface area contributed by atoms with Crippen molar-refractivity contribution in [2.45, 2.75) is 39.0 Å². The Labute approximate surface area is 189 Å². The summed E-state index contributed by atoms with van der Waals surface area (Å²) in [4.78, 5) is 38.9. The molecule has 0 spiro atoms. The Morgan fingerprint density at radius 1 is 1.06 bits per heavy atom. The van der Waals surface area contributed by atoms with Crippen LogP contribution in [0.25, 0.3) is 0 Å². The van der Waals surface area contributed by atoms with Gasteiger partial charge in [0.2, 0.25) is 5.91 Å². The van der Waals surface area contributed by atoms with Crippen LogP contribution >= 0.6 is 23.2 Å². The molecule has 2 aliphatic rings. The number of ketones is 1. The third-order valence-corrected chi connectivity index (χ3v) is 6.53. The average Bonchev–Trinajstić information content (AvgIpc) is 2.68. The molecule has 0 saturated heterocycles. The van der Waals surface area contributed by atoms with Gasteiger partial charge in [0.15, 0.2) is 5.78 Å². The number of carbonyl (C=O) groups excluding carboxylic acids is 2. The number of carbonyl (C=O) groups is 2. The van der Waals surface area contributed by atoms with Crippen LogP contribution in [0.1, 0.15) is 44.6 Å². The molecule has 1 aliphatic carbocycles. The van der Waals surface area contributed by atoms with Gasteiger partial charge >= 0.3 is 0 Å². The highest BCUT2D eigenvalue weighted by Crippen LogP contribution is 2.48. The van der Waals surface area contributed by atoms with E-state index in [9.17, 15) is 19.7 Å². The lowest BCUT2D eigenvalue weighted by Gasteiger charge is -2.43. The minimum Gasteiger partial charge on any atom is -0.294 e. The zero-order valence-electron chi connectivity index (χ0n) is 17.0. The smallest absolute Gasteiger partial charge is 0.271 e. The Morgan fingerprint density at radius 3 is 2.48 bits per heavy atom. The van der Waals surface area contributed by atoms with Crippen molar-refractivity contribution in [1.82, 2.24) is 0 Å². The van der Waals surface area contributed by atoms with E-state index >= 15 is 0 Å². The number of nitro groups is 1. The molecule has 1 heterocycles. The number of anilines is 1. The van der Waals surface area contributed by atoms with Gasteiger partial charge in [-0.2, -0.15) is 0 Å². The van der Waals surface area contributed by atoms with E-state index in [-0.39, 0.29) is 29.2 Å². The van der Waals surface area contributed by atoms with Crippen LogP contribution in [-0.2, 0) is 9.59 Å². The molecule has 2 aromatic rings. The van der Waals surface area contributed by atoms with Gasteiger partial charge in [-0.1, -0.05) is 49.2 Å². The Kier molecular flexibility index (Phi) is 5.40. The number of nitrogens with zero attached hydrogens (tertiary/aromatic N) is 2. The van der Waals surface area contributed by atoms with E-state index in [2.05, 4.69) is 0 Å². The van der Waals surface area contributed by atoms with Crippen molar-refractivity contribution in [1.29, 1.82) is 0 Å². The SMILES string of the molecule is CC1(C)CC(=O)C2=C(C1)N(c1cccc([N+](=O)[O-])c1)C(=O)CC2c1ccc(Cl)c(Cl)c1. The van der Waals surface area contributed by atoms with E-state index < -0.39 is 10.8 Å². The van der Waals surface area contributed by atoms with Crippen LogP contribution in [0.15, 0.2) is 53.7 Å². The second-order valence-corrected chi connectivity index (χ2v) is 9.55. The third-order valence-electron chi connectivity index (χ3n) is 5.79. The van der Waals surface area contributed by atoms with Crippen LogP contribution in [0.2, 0.25) is 10.0 Å². The van der Waals surface area contributed by atoms with E-state index in [0.29, 0.717) is 39.8 Å². The Bertz CT molecular complexity index is 1160. The molecule has 6 nitrogen and oxygen atoms in total. The number of rotatable bonds is 3. The predicted molar refractivity (Wildman–Crippen MR) is 119 cm³/mol. The number of hydrogen-bond acceptors (Lipinski definition) is 4. The summed E-state index contributed by atoms with van der Waals surface area (Å²) < 4.78 is 0. The number of halogens is 2. The third kappa shape index (κ3) is 3.98. The van der Waals surface area contributed by atoms with Gasteiger partial charge in [0, 0.05) is 42.2 Å². The van der Waals surface area contributed by atoms with Crippen molar-refractivity contribution in [3.63, 3.8) is 0 Å². The minimum absolute atomic E-state index is 0.0229. The summed E-state index contributed by atoms with van der Waals surface area (Å²) in [5.74, 6) is -0.679. The molecule has 8 heteroatoms. The summed E-state index contributed by atoms with van der Waals surface area (Å²) in [6.07, 6.45) is 0.923. The van der Waals surface area contributed by atoms with Crippen LogP contribution in [0.4, 0.5) is 11.4 Å². The Hall–Kier alpha value is -2.70. The fourth-order valence-corrected chi connectivity index (χ4v) is 4.78. The lowest BCUT2D eigenvalue weighted by Crippen LogP contribution is -2.43. The fourth-order valence-electron chi connectivity index (χ4n) is 4.47. The molecule has 2 aromatic carbocycles. The van der Waals surface area contributed by atoms with Crippen molar-refractivity contribution in [3.05, 3.63) is 79.5 Å². The lowest BCUT2D eigenvalue weighted by atomic mass is 9.69. The van der Waals surface area contributed by atoms with Gasteiger partial charge < -0.3 is 0 Å². The molecule has 1 aliphatic heterocycles. The number of Topliss-reactive ketones (excluding diaryl/α,β-unsaturated/α-hetero) is 1. The van der Waals surface area contributed by atoms with E-state index in [1.54, 1.807) is 30.3 Å². The number of allylic oxidation sites excluding steroid dienone is 2. The first-order chi connectivity index (χ1) is 14.6. The van der Waals surface area contributed by atoms with Crippen LogP contribution in [0, 0.1) is 15.5 Å². The predicted octanol–water partition coefficient (Wildman–Crippen LogP) is 6.07. The summed E-state index contributed by atoms with van der Waals surface area (Å²) in [7, 11) is 0. The first-order valence-corrected chi connectivity index (χ1v) is 10.6. The maximum Gasteiger partial charge on any atom is 0.271 e. The van der Waals surface area contributed by atoms with Crippen molar-refractivity contribution < 1.29 is 14.5 Å². The molecule has 0 radical (unpaired) electrons. The number of non-ortho nitro benzene ring substituents is 1. The summed E-state index contributed by atoms with van der Waals surface area (Å²) in [5, 5.41) is 12.0. The van der Waals surface area contributed by atoms with Crippen LogP contribution in [-0.4, -0.2) is 16.6 Å². The molecular weight excluding hydrogens is 439 g/mol. The fraction of sp³-hybridized carbons (Fsp3) is 0.304. The van der Waals surface area contributed by atoms with Gasteiger partial charge in [0.25, 0.3) is 5.69 Å². The van der Waals surface area contributed by atoms with Crippen LogP contribution in [0.3, 0.4) is 0 Å². The van der Waals surface area contributed by atoms with E-state index in [1.807, 2.05) is 13.8 Å². The van der Waals surface area contributed by atoms with Crippen LogP contribution < -0.4 is 4.90 Å². The van der Waals surface area contributed by atoms with Gasteiger partial charge in [-0.25, -0.2) is 0 Å². The number of amides is 1. The zero-order chi connectivity index (χ0) is 22.5. The first-order valence-electron chi connectivity index (χ1n) is 9.86.